The van der Waals surface area contributed by atoms with Gasteiger partial charge in [-0.3, -0.25) is 9.78 Å². The fourth-order valence-corrected chi connectivity index (χ4v) is 4.85. The smallest absolute Gasteiger partial charge is 0.230 e. The molecular formula is C29H28N2O2. The Morgan fingerprint density at radius 2 is 1.61 bits per heavy atom. The molecule has 1 aliphatic rings. The first-order chi connectivity index (χ1) is 16.2. The quantitative estimate of drug-likeness (QED) is 0.349. The average molecular weight is 437 g/mol. The summed E-state index contributed by atoms with van der Waals surface area (Å²) in [5, 5.41) is 4.21. The third-order valence-electron chi connectivity index (χ3n) is 6.56. The summed E-state index contributed by atoms with van der Waals surface area (Å²) in [6, 6.07) is 27.9. The highest BCUT2D eigenvalue weighted by atomic mass is 16.5. The normalized spacial score (nSPS) is 15.2. The van der Waals surface area contributed by atoms with Crippen LogP contribution in [0.3, 0.4) is 0 Å². The van der Waals surface area contributed by atoms with Crippen molar-refractivity contribution >= 4 is 22.5 Å². The van der Waals surface area contributed by atoms with Crippen LogP contribution in [0.25, 0.3) is 10.9 Å². The van der Waals surface area contributed by atoms with E-state index in [1.165, 1.54) is 6.42 Å². The van der Waals surface area contributed by atoms with Crippen LogP contribution in [0.2, 0.25) is 0 Å². The summed E-state index contributed by atoms with van der Waals surface area (Å²) in [5.41, 5.74) is 2.38. The number of carbonyl (C=O) groups is 1. The van der Waals surface area contributed by atoms with Crippen molar-refractivity contribution in [3.8, 4) is 11.5 Å². The first-order valence-electron chi connectivity index (χ1n) is 11.7. The predicted molar refractivity (Wildman–Crippen MR) is 133 cm³/mol. The Morgan fingerprint density at radius 3 is 2.45 bits per heavy atom. The van der Waals surface area contributed by atoms with Gasteiger partial charge in [0.25, 0.3) is 0 Å². The second-order valence-corrected chi connectivity index (χ2v) is 8.95. The van der Waals surface area contributed by atoms with Gasteiger partial charge in [0.05, 0.1) is 22.8 Å². The number of ether oxygens (including phenoxy) is 1. The van der Waals surface area contributed by atoms with Crippen molar-refractivity contribution in [2.45, 2.75) is 38.5 Å². The summed E-state index contributed by atoms with van der Waals surface area (Å²) in [4.78, 5) is 18.1. The number of anilines is 1. The molecule has 0 aliphatic heterocycles. The molecule has 1 amide bonds. The van der Waals surface area contributed by atoms with E-state index in [1.807, 2.05) is 72.8 Å². The zero-order valence-corrected chi connectivity index (χ0v) is 18.7. The molecule has 0 unspecified atom stereocenters. The van der Waals surface area contributed by atoms with Gasteiger partial charge in [-0.05, 0) is 61.2 Å². The van der Waals surface area contributed by atoms with E-state index in [2.05, 4.69) is 22.4 Å². The fourth-order valence-electron chi connectivity index (χ4n) is 4.85. The summed E-state index contributed by atoms with van der Waals surface area (Å²) in [5.74, 6) is 1.70. The van der Waals surface area contributed by atoms with Crippen molar-refractivity contribution in [3.05, 3.63) is 96.7 Å². The first-order valence-corrected chi connectivity index (χ1v) is 11.7. The number of para-hydroxylation sites is 2. The first kappa shape index (κ1) is 21.2. The Kier molecular flexibility index (Phi) is 6.07. The molecule has 0 radical (unpaired) electrons. The molecule has 3 aromatic carbocycles. The monoisotopic (exact) mass is 436 g/mol. The van der Waals surface area contributed by atoms with Gasteiger partial charge in [0.15, 0.2) is 0 Å². The molecule has 0 atom stereocenters. The highest BCUT2D eigenvalue weighted by Gasteiger charge is 2.39. The maximum atomic E-state index is 13.6. The molecular weight excluding hydrogens is 408 g/mol. The van der Waals surface area contributed by atoms with Crippen LogP contribution < -0.4 is 10.1 Å². The molecule has 0 bridgehead atoms. The van der Waals surface area contributed by atoms with Gasteiger partial charge >= 0.3 is 0 Å². The average Bonchev–Trinajstić information content (AvgIpc) is 2.85. The number of hydrogen-bond donors (Lipinski definition) is 1. The Bertz CT molecular complexity index is 1250. The Balaban J connectivity index is 1.37. The number of amides is 1. The van der Waals surface area contributed by atoms with E-state index in [-0.39, 0.29) is 5.91 Å². The van der Waals surface area contributed by atoms with Crippen molar-refractivity contribution in [3.63, 3.8) is 0 Å². The number of pyridine rings is 1. The van der Waals surface area contributed by atoms with Crippen LogP contribution in [0, 0.1) is 5.41 Å². The molecule has 1 saturated carbocycles. The van der Waals surface area contributed by atoms with Gasteiger partial charge in [-0.1, -0.05) is 67.8 Å². The largest absolute Gasteiger partial charge is 0.457 e. The number of benzene rings is 3. The van der Waals surface area contributed by atoms with E-state index in [4.69, 9.17) is 4.74 Å². The third kappa shape index (κ3) is 4.90. The second kappa shape index (κ2) is 9.45. The molecule has 1 heterocycles. The van der Waals surface area contributed by atoms with Crippen LogP contribution in [0.15, 0.2) is 91.1 Å². The maximum absolute atomic E-state index is 13.6. The molecule has 4 nitrogen and oxygen atoms in total. The fraction of sp³-hybridized carbons (Fsp3) is 0.241. The van der Waals surface area contributed by atoms with Gasteiger partial charge in [0.2, 0.25) is 5.91 Å². The van der Waals surface area contributed by atoms with Gasteiger partial charge in [-0.15, -0.1) is 0 Å². The van der Waals surface area contributed by atoms with Crippen molar-refractivity contribution in [2.24, 2.45) is 5.41 Å². The number of nitrogens with one attached hydrogen (secondary N) is 1. The Hall–Kier alpha value is -3.66. The summed E-state index contributed by atoms with van der Waals surface area (Å²) in [6.07, 6.45) is 7.57. The van der Waals surface area contributed by atoms with E-state index < -0.39 is 5.41 Å². The number of aromatic nitrogens is 1. The van der Waals surface area contributed by atoms with Gasteiger partial charge in [-0.25, -0.2) is 0 Å². The molecule has 1 fully saturated rings. The van der Waals surface area contributed by atoms with Gasteiger partial charge < -0.3 is 10.1 Å². The summed E-state index contributed by atoms with van der Waals surface area (Å²) in [7, 11) is 0. The van der Waals surface area contributed by atoms with Crippen molar-refractivity contribution in [1.82, 2.24) is 4.98 Å². The van der Waals surface area contributed by atoms with Crippen LogP contribution in [0.5, 0.6) is 11.5 Å². The molecule has 1 N–H and O–H groups in total. The highest BCUT2D eigenvalue weighted by Crippen LogP contribution is 2.41. The topological polar surface area (TPSA) is 51.2 Å². The molecule has 166 valence electrons. The third-order valence-corrected chi connectivity index (χ3v) is 6.56. The zero-order valence-electron chi connectivity index (χ0n) is 18.7. The van der Waals surface area contributed by atoms with Crippen molar-refractivity contribution < 1.29 is 9.53 Å². The van der Waals surface area contributed by atoms with Gasteiger partial charge in [-0.2, -0.15) is 0 Å². The summed E-state index contributed by atoms with van der Waals surface area (Å²) < 4.78 is 6.03. The highest BCUT2D eigenvalue weighted by molar-refractivity contribution is 5.97. The predicted octanol–water partition coefficient (Wildman–Crippen LogP) is 7.16. The number of nitrogens with zero attached hydrogens (tertiary/aromatic N) is 1. The molecule has 0 saturated heterocycles. The Morgan fingerprint density at radius 1 is 0.848 bits per heavy atom. The number of carbonyl (C=O) groups excluding carboxylic acids is 1. The molecule has 1 aromatic heterocycles. The standard InChI is InChI=1S/C29H28N2O2/c32-28(31-24-19-23-11-5-6-15-27(23)30-21-24)29(16-7-2-8-17-29)20-22-10-9-14-26(18-22)33-25-12-3-1-4-13-25/h1,3-6,9-15,18-19,21H,2,7-8,16-17,20H2,(H,31,32). The lowest BCUT2D eigenvalue weighted by Crippen LogP contribution is -2.40. The van der Waals surface area contributed by atoms with E-state index in [0.717, 1.165) is 59.3 Å². The Labute approximate surface area is 194 Å². The van der Waals surface area contributed by atoms with Crippen LogP contribution in [0.1, 0.15) is 37.7 Å². The van der Waals surface area contributed by atoms with Crippen molar-refractivity contribution in [2.75, 3.05) is 5.32 Å². The minimum atomic E-state index is -0.421. The van der Waals surface area contributed by atoms with E-state index in [0.29, 0.717) is 6.42 Å². The SMILES string of the molecule is O=C(Nc1cnc2ccccc2c1)C1(Cc2cccc(Oc3ccccc3)c2)CCCCC1. The molecule has 5 rings (SSSR count). The lowest BCUT2D eigenvalue weighted by molar-refractivity contribution is -0.127. The van der Waals surface area contributed by atoms with Crippen molar-refractivity contribution in [1.29, 1.82) is 0 Å². The molecule has 1 aliphatic carbocycles. The lowest BCUT2D eigenvalue weighted by atomic mass is 9.69. The summed E-state index contributed by atoms with van der Waals surface area (Å²) >= 11 is 0. The minimum Gasteiger partial charge on any atom is -0.457 e. The van der Waals surface area contributed by atoms with Crippen LogP contribution in [-0.4, -0.2) is 10.9 Å². The number of rotatable bonds is 6. The van der Waals surface area contributed by atoms with Crippen LogP contribution in [-0.2, 0) is 11.2 Å². The lowest BCUT2D eigenvalue weighted by Gasteiger charge is -2.36. The second-order valence-electron chi connectivity index (χ2n) is 8.95. The molecule has 0 spiro atoms. The van der Waals surface area contributed by atoms with E-state index in [1.54, 1.807) is 6.20 Å². The minimum absolute atomic E-state index is 0.0914. The number of hydrogen-bond acceptors (Lipinski definition) is 3. The number of fused-ring (bicyclic) bond motifs is 1. The molecule has 4 aromatic rings. The maximum Gasteiger partial charge on any atom is 0.230 e. The molecule has 33 heavy (non-hydrogen) atoms. The van der Waals surface area contributed by atoms with E-state index in [9.17, 15) is 4.79 Å². The molecule has 4 heteroatoms. The van der Waals surface area contributed by atoms with Gasteiger partial charge in [0, 0.05) is 5.39 Å². The van der Waals surface area contributed by atoms with Crippen LogP contribution in [0.4, 0.5) is 5.69 Å². The van der Waals surface area contributed by atoms with E-state index >= 15 is 0 Å². The zero-order chi connectivity index (χ0) is 22.5. The summed E-state index contributed by atoms with van der Waals surface area (Å²) in [6.45, 7) is 0. The van der Waals surface area contributed by atoms with Gasteiger partial charge in [0.1, 0.15) is 11.5 Å². The van der Waals surface area contributed by atoms with Crippen LogP contribution >= 0.6 is 0 Å².